The third kappa shape index (κ3) is 1.81. The Morgan fingerprint density at radius 1 is 1.62 bits per heavy atom. The predicted molar refractivity (Wildman–Crippen MR) is 45.7 cm³/mol. The van der Waals surface area contributed by atoms with E-state index in [1.807, 2.05) is 0 Å². The molecule has 0 heterocycles. The van der Waals surface area contributed by atoms with E-state index >= 15 is 0 Å². The predicted octanol–water partition coefficient (Wildman–Crippen LogP) is 1.50. The molecule has 0 radical (unpaired) electrons. The van der Waals surface area contributed by atoms with Crippen molar-refractivity contribution in [2.24, 2.45) is 5.73 Å². The second kappa shape index (κ2) is 3.49. The molecule has 0 unspecified atom stereocenters. The second-order valence-electron chi connectivity index (χ2n) is 2.67. The number of hydrogen-bond acceptors (Lipinski definition) is 3. The van der Waals surface area contributed by atoms with E-state index in [9.17, 15) is 14.5 Å². The fourth-order valence-electron chi connectivity index (χ4n) is 1.04. The number of nitro groups is 1. The second-order valence-corrected chi connectivity index (χ2v) is 2.67. The molecule has 1 rings (SSSR count). The van der Waals surface area contributed by atoms with Gasteiger partial charge in [-0.2, -0.15) is 0 Å². The molecule has 5 heteroatoms. The highest BCUT2D eigenvalue weighted by Gasteiger charge is 2.12. The van der Waals surface area contributed by atoms with Crippen molar-refractivity contribution >= 4 is 5.69 Å². The summed E-state index contributed by atoms with van der Waals surface area (Å²) < 4.78 is 13.0. The van der Waals surface area contributed by atoms with Gasteiger partial charge in [0.05, 0.1) is 11.0 Å². The summed E-state index contributed by atoms with van der Waals surface area (Å²) >= 11 is 0. The van der Waals surface area contributed by atoms with E-state index in [2.05, 4.69) is 0 Å². The molecular formula is C8H9FN2O2. The van der Waals surface area contributed by atoms with Gasteiger partial charge in [-0.05, 0) is 18.1 Å². The number of nitro benzene ring substituents is 1. The molecule has 0 amide bonds. The van der Waals surface area contributed by atoms with Crippen LogP contribution in [0.15, 0.2) is 12.1 Å². The SMILES string of the molecule is Cc1c(F)cc([N+](=O)[O-])cc1CN. The number of rotatable bonds is 2. The summed E-state index contributed by atoms with van der Waals surface area (Å²) in [5, 5.41) is 10.3. The van der Waals surface area contributed by atoms with Gasteiger partial charge in [0.15, 0.2) is 0 Å². The summed E-state index contributed by atoms with van der Waals surface area (Å²) in [7, 11) is 0. The fraction of sp³-hybridized carbons (Fsp3) is 0.250. The first kappa shape index (κ1) is 9.60. The molecule has 2 N–H and O–H groups in total. The minimum Gasteiger partial charge on any atom is -0.326 e. The average Bonchev–Trinajstić information content (AvgIpc) is 2.09. The van der Waals surface area contributed by atoms with Crippen molar-refractivity contribution in [2.45, 2.75) is 13.5 Å². The molecule has 0 saturated heterocycles. The smallest absolute Gasteiger partial charge is 0.272 e. The van der Waals surface area contributed by atoms with Gasteiger partial charge < -0.3 is 5.73 Å². The zero-order valence-electron chi connectivity index (χ0n) is 7.08. The number of hydrogen-bond donors (Lipinski definition) is 1. The van der Waals surface area contributed by atoms with E-state index in [4.69, 9.17) is 5.73 Å². The van der Waals surface area contributed by atoms with E-state index in [1.54, 1.807) is 6.92 Å². The molecule has 4 nitrogen and oxygen atoms in total. The van der Waals surface area contributed by atoms with Crippen LogP contribution in [-0.4, -0.2) is 4.92 Å². The molecule has 70 valence electrons. The maximum Gasteiger partial charge on any atom is 0.272 e. The molecule has 13 heavy (non-hydrogen) atoms. The molecule has 0 aliphatic carbocycles. The standard InChI is InChI=1S/C8H9FN2O2/c1-5-6(4-10)2-7(11(12)13)3-8(5)9/h2-3H,4,10H2,1H3. The molecule has 0 spiro atoms. The van der Waals surface area contributed by atoms with Crippen LogP contribution >= 0.6 is 0 Å². The minimum atomic E-state index is -0.637. The van der Waals surface area contributed by atoms with Gasteiger partial charge in [0.25, 0.3) is 5.69 Å². The summed E-state index contributed by atoms with van der Waals surface area (Å²) in [5.41, 5.74) is 5.87. The fourth-order valence-corrected chi connectivity index (χ4v) is 1.04. The minimum absolute atomic E-state index is 0.102. The van der Waals surface area contributed by atoms with Crippen LogP contribution in [0.4, 0.5) is 10.1 Å². The van der Waals surface area contributed by atoms with Gasteiger partial charge in [-0.3, -0.25) is 10.1 Å². The summed E-state index contributed by atoms with van der Waals surface area (Å²) in [6.45, 7) is 1.64. The van der Waals surface area contributed by atoms with Crippen molar-refractivity contribution in [2.75, 3.05) is 0 Å². The first-order chi connectivity index (χ1) is 6.06. The highest BCUT2D eigenvalue weighted by molar-refractivity contribution is 5.40. The summed E-state index contributed by atoms with van der Waals surface area (Å²) in [6, 6.07) is 2.19. The first-order valence-electron chi connectivity index (χ1n) is 3.69. The lowest BCUT2D eigenvalue weighted by Gasteiger charge is -2.03. The van der Waals surface area contributed by atoms with Crippen molar-refractivity contribution in [1.82, 2.24) is 0 Å². The molecule has 0 atom stereocenters. The number of benzene rings is 1. The van der Waals surface area contributed by atoms with Crippen LogP contribution in [0.5, 0.6) is 0 Å². The molecular weight excluding hydrogens is 175 g/mol. The van der Waals surface area contributed by atoms with Crippen LogP contribution in [0, 0.1) is 22.9 Å². The largest absolute Gasteiger partial charge is 0.326 e. The normalized spacial score (nSPS) is 10.1. The number of halogens is 1. The van der Waals surface area contributed by atoms with Crippen LogP contribution in [0.25, 0.3) is 0 Å². The highest BCUT2D eigenvalue weighted by atomic mass is 19.1. The number of nitrogens with zero attached hydrogens (tertiary/aromatic N) is 1. The van der Waals surface area contributed by atoms with E-state index < -0.39 is 10.7 Å². The van der Waals surface area contributed by atoms with Crippen molar-refractivity contribution in [3.8, 4) is 0 Å². The van der Waals surface area contributed by atoms with Gasteiger partial charge in [0.2, 0.25) is 0 Å². The highest BCUT2D eigenvalue weighted by Crippen LogP contribution is 2.20. The van der Waals surface area contributed by atoms with Gasteiger partial charge in [0.1, 0.15) is 5.82 Å². The van der Waals surface area contributed by atoms with E-state index in [0.717, 1.165) is 6.07 Å². The van der Waals surface area contributed by atoms with Crippen LogP contribution in [0.2, 0.25) is 0 Å². The lowest BCUT2D eigenvalue weighted by atomic mass is 10.1. The maximum atomic E-state index is 13.0. The third-order valence-corrected chi connectivity index (χ3v) is 1.87. The van der Waals surface area contributed by atoms with Crippen LogP contribution in [0.3, 0.4) is 0 Å². The molecule has 0 bridgehead atoms. The Bertz CT molecular complexity index is 352. The Hall–Kier alpha value is -1.49. The monoisotopic (exact) mass is 184 g/mol. The third-order valence-electron chi connectivity index (χ3n) is 1.87. The van der Waals surface area contributed by atoms with E-state index in [1.165, 1.54) is 6.07 Å². The molecule has 1 aromatic carbocycles. The van der Waals surface area contributed by atoms with Gasteiger partial charge in [-0.1, -0.05) is 0 Å². The maximum absolute atomic E-state index is 13.0. The first-order valence-corrected chi connectivity index (χ1v) is 3.69. The summed E-state index contributed by atoms with van der Waals surface area (Å²) in [6.07, 6.45) is 0. The molecule has 0 aliphatic heterocycles. The lowest BCUT2D eigenvalue weighted by molar-refractivity contribution is -0.385. The Morgan fingerprint density at radius 3 is 2.69 bits per heavy atom. The van der Waals surface area contributed by atoms with E-state index in [0.29, 0.717) is 11.1 Å². The number of non-ortho nitro benzene ring substituents is 1. The van der Waals surface area contributed by atoms with Crippen LogP contribution in [0.1, 0.15) is 11.1 Å². The molecule has 0 saturated carbocycles. The summed E-state index contributed by atoms with van der Waals surface area (Å²) in [5.74, 6) is -0.588. The Kier molecular flexibility index (Phi) is 2.57. The summed E-state index contributed by atoms with van der Waals surface area (Å²) in [4.78, 5) is 9.69. The zero-order valence-corrected chi connectivity index (χ0v) is 7.08. The molecule has 1 aromatic rings. The van der Waals surface area contributed by atoms with Crippen molar-refractivity contribution in [3.05, 3.63) is 39.2 Å². The zero-order chi connectivity index (χ0) is 10.0. The van der Waals surface area contributed by atoms with Crippen LogP contribution in [-0.2, 0) is 6.54 Å². The molecule has 0 fully saturated rings. The van der Waals surface area contributed by atoms with Gasteiger partial charge in [0, 0.05) is 12.6 Å². The van der Waals surface area contributed by atoms with Crippen molar-refractivity contribution < 1.29 is 9.31 Å². The van der Waals surface area contributed by atoms with Crippen molar-refractivity contribution in [1.29, 1.82) is 0 Å². The molecule has 0 aromatic heterocycles. The van der Waals surface area contributed by atoms with Gasteiger partial charge in [-0.15, -0.1) is 0 Å². The lowest BCUT2D eigenvalue weighted by Crippen LogP contribution is -2.02. The van der Waals surface area contributed by atoms with Crippen LogP contribution < -0.4 is 5.73 Å². The Morgan fingerprint density at radius 2 is 2.23 bits per heavy atom. The molecule has 0 aliphatic rings. The average molecular weight is 184 g/mol. The Labute approximate surface area is 74.3 Å². The Balaban J connectivity index is 3.30. The van der Waals surface area contributed by atoms with Crippen molar-refractivity contribution in [3.63, 3.8) is 0 Å². The van der Waals surface area contributed by atoms with Gasteiger partial charge >= 0.3 is 0 Å². The topological polar surface area (TPSA) is 69.2 Å². The van der Waals surface area contributed by atoms with Gasteiger partial charge in [-0.25, -0.2) is 4.39 Å². The van der Waals surface area contributed by atoms with E-state index in [-0.39, 0.29) is 12.2 Å². The quantitative estimate of drug-likeness (QED) is 0.559. The number of nitrogens with two attached hydrogens (primary N) is 1.